The molecule has 0 aliphatic carbocycles. The molecule has 0 unspecified atom stereocenters. The van der Waals surface area contributed by atoms with Crippen molar-refractivity contribution in [1.82, 2.24) is 14.8 Å². The molecule has 0 radical (unpaired) electrons. The molecule has 25 heavy (non-hydrogen) atoms. The Kier molecular flexibility index (Phi) is 5.29. The summed E-state index contributed by atoms with van der Waals surface area (Å²) >= 11 is 1.26. The van der Waals surface area contributed by atoms with Crippen molar-refractivity contribution in [3.8, 4) is 0 Å². The number of piperidine rings is 2. The second kappa shape index (κ2) is 7.29. The highest BCUT2D eigenvalue weighted by molar-refractivity contribution is 7.17. The van der Waals surface area contributed by atoms with Gasteiger partial charge in [0, 0.05) is 38.0 Å². The Hall–Kier alpha value is -1.67. The number of carbonyl (C=O) groups excluding carboxylic acids is 2. The number of amides is 2. The molecule has 1 aromatic heterocycles. The lowest BCUT2D eigenvalue weighted by Crippen LogP contribution is -2.55. The topological polar surface area (TPSA) is 99.8 Å². The average molecular weight is 366 g/mol. The van der Waals surface area contributed by atoms with Crippen molar-refractivity contribution in [3.63, 3.8) is 0 Å². The van der Waals surface area contributed by atoms with E-state index in [1.165, 1.54) is 11.3 Å². The zero-order valence-electron chi connectivity index (χ0n) is 14.7. The third kappa shape index (κ3) is 3.64. The van der Waals surface area contributed by atoms with Crippen LogP contribution in [0.4, 0.5) is 5.13 Å². The van der Waals surface area contributed by atoms with Crippen molar-refractivity contribution < 1.29 is 14.7 Å². The number of hydrogen-bond acceptors (Lipinski definition) is 6. The maximum absolute atomic E-state index is 13.0. The third-order valence-electron chi connectivity index (χ3n) is 5.31. The number of hydrogen-bond donors (Lipinski definition) is 2. The number of aryl methyl sites for hydroxylation is 1. The van der Waals surface area contributed by atoms with Crippen molar-refractivity contribution in [2.45, 2.75) is 39.0 Å². The maximum Gasteiger partial charge on any atom is 0.265 e. The van der Waals surface area contributed by atoms with E-state index in [2.05, 4.69) is 4.98 Å². The van der Waals surface area contributed by atoms with Gasteiger partial charge in [0.2, 0.25) is 5.91 Å². The summed E-state index contributed by atoms with van der Waals surface area (Å²) in [6, 6.07) is 0. The van der Waals surface area contributed by atoms with E-state index >= 15 is 0 Å². The predicted octanol–water partition coefficient (Wildman–Crippen LogP) is 1.12. The van der Waals surface area contributed by atoms with E-state index in [0.29, 0.717) is 42.5 Å². The van der Waals surface area contributed by atoms with Gasteiger partial charge in [-0.25, -0.2) is 4.98 Å². The van der Waals surface area contributed by atoms with E-state index in [1.54, 1.807) is 4.90 Å². The molecule has 3 heterocycles. The SMILES string of the molecule is CCc1nc(N)sc1C(=O)N1CCC[C@@]2(CCC(=O)N(CCO)C2)C1. The number of thiazole rings is 1. The van der Waals surface area contributed by atoms with Crippen LogP contribution in [0, 0.1) is 5.41 Å². The number of nitrogens with zero attached hydrogens (tertiary/aromatic N) is 3. The van der Waals surface area contributed by atoms with Crippen molar-refractivity contribution in [3.05, 3.63) is 10.6 Å². The number of aliphatic hydroxyl groups excluding tert-OH is 1. The highest BCUT2D eigenvalue weighted by atomic mass is 32.1. The van der Waals surface area contributed by atoms with Gasteiger partial charge in [-0.2, -0.15) is 0 Å². The molecule has 2 fully saturated rings. The molecule has 3 rings (SSSR count). The van der Waals surface area contributed by atoms with Gasteiger partial charge >= 0.3 is 0 Å². The van der Waals surface area contributed by atoms with Crippen LogP contribution in [-0.4, -0.2) is 64.5 Å². The monoisotopic (exact) mass is 366 g/mol. The van der Waals surface area contributed by atoms with E-state index in [9.17, 15) is 14.7 Å². The number of nitrogen functional groups attached to an aromatic ring is 1. The van der Waals surface area contributed by atoms with Gasteiger partial charge in [-0.3, -0.25) is 9.59 Å². The lowest BCUT2D eigenvalue weighted by Gasteiger charge is -2.48. The predicted molar refractivity (Wildman–Crippen MR) is 96.4 cm³/mol. The summed E-state index contributed by atoms with van der Waals surface area (Å²) in [4.78, 5) is 33.6. The molecule has 1 aromatic rings. The van der Waals surface area contributed by atoms with Crippen molar-refractivity contribution in [2.75, 3.05) is 38.5 Å². The van der Waals surface area contributed by atoms with Crippen LogP contribution in [0.15, 0.2) is 0 Å². The molecule has 1 spiro atoms. The first kappa shape index (κ1) is 18.1. The number of rotatable bonds is 4. The van der Waals surface area contributed by atoms with Gasteiger partial charge in [0.05, 0.1) is 12.3 Å². The Morgan fingerprint density at radius 1 is 1.40 bits per heavy atom. The van der Waals surface area contributed by atoms with E-state index in [4.69, 9.17) is 5.73 Å². The molecule has 7 nitrogen and oxygen atoms in total. The van der Waals surface area contributed by atoms with Gasteiger partial charge in [0.1, 0.15) is 4.88 Å². The fraction of sp³-hybridized carbons (Fsp3) is 0.706. The Balaban J connectivity index is 1.76. The van der Waals surface area contributed by atoms with Crippen molar-refractivity contribution in [2.24, 2.45) is 5.41 Å². The number of β-amino-alcohol motifs (C(OH)–C–C–N with tert-alkyl or cyclic N) is 1. The summed E-state index contributed by atoms with van der Waals surface area (Å²) in [6.45, 7) is 4.34. The number of nitrogens with two attached hydrogens (primary N) is 1. The van der Waals surface area contributed by atoms with E-state index < -0.39 is 0 Å². The molecule has 2 saturated heterocycles. The Morgan fingerprint density at radius 3 is 2.92 bits per heavy atom. The summed E-state index contributed by atoms with van der Waals surface area (Å²) in [6.07, 6.45) is 3.94. The average Bonchev–Trinajstić information content (AvgIpc) is 2.99. The van der Waals surface area contributed by atoms with Crippen LogP contribution in [0.5, 0.6) is 0 Å². The molecule has 1 atom stereocenters. The number of carbonyl (C=O) groups is 2. The Labute approximate surface area is 151 Å². The van der Waals surface area contributed by atoms with Gasteiger partial charge in [0.25, 0.3) is 5.91 Å². The summed E-state index contributed by atoms with van der Waals surface area (Å²) in [5, 5.41) is 9.63. The lowest BCUT2D eigenvalue weighted by molar-refractivity contribution is -0.139. The molecular weight excluding hydrogens is 340 g/mol. The molecular formula is C17H26N4O3S. The zero-order valence-corrected chi connectivity index (χ0v) is 15.5. The van der Waals surface area contributed by atoms with E-state index in [1.807, 2.05) is 11.8 Å². The van der Waals surface area contributed by atoms with Gasteiger partial charge in [-0.1, -0.05) is 18.3 Å². The molecule has 0 bridgehead atoms. The smallest absolute Gasteiger partial charge is 0.265 e. The van der Waals surface area contributed by atoms with Gasteiger partial charge in [-0.05, 0) is 25.7 Å². The molecule has 2 aliphatic heterocycles. The molecule has 138 valence electrons. The minimum atomic E-state index is -0.0560. The van der Waals surface area contributed by atoms with Crippen LogP contribution in [0.1, 0.15) is 48.0 Å². The maximum atomic E-state index is 13.0. The zero-order chi connectivity index (χ0) is 18.0. The fourth-order valence-corrected chi connectivity index (χ4v) is 4.95. The van der Waals surface area contributed by atoms with Crippen molar-refractivity contribution in [1.29, 1.82) is 0 Å². The quantitative estimate of drug-likeness (QED) is 0.832. The summed E-state index contributed by atoms with van der Waals surface area (Å²) in [5.41, 5.74) is 6.51. The highest BCUT2D eigenvalue weighted by Crippen LogP contribution is 2.39. The summed E-state index contributed by atoms with van der Waals surface area (Å²) in [7, 11) is 0. The van der Waals surface area contributed by atoms with Crippen LogP contribution >= 0.6 is 11.3 Å². The second-order valence-corrected chi connectivity index (χ2v) is 8.08. The minimum Gasteiger partial charge on any atom is -0.395 e. The first-order valence-electron chi connectivity index (χ1n) is 8.91. The van der Waals surface area contributed by atoms with Crippen LogP contribution in [-0.2, 0) is 11.2 Å². The minimum absolute atomic E-state index is 0.00994. The first-order chi connectivity index (χ1) is 12.0. The van der Waals surface area contributed by atoms with E-state index in [-0.39, 0.29) is 23.8 Å². The molecule has 0 aromatic carbocycles. The fourth-order valence-electron chi connectivity index (χ4n) is 4.06. The molecule has 0 saturated carbocycles. The summed E-state index contributed by atoms with van der Waals surface area (Å²) < 4.78 is 0. The summed E-state index contributed by atoms with van der Waals surface area (Å²) in [5.74, 6) is 0.113. The number of anilines is 1. The number of aromatic nitrogens is 1. The molecule has 2 aliphatic rings. The van der Waals surface area contributed by atoms with Crippen molar-refractivity contribution >= 4 is 28.3 Å². The molecule has 2 amide bonds. The van der Waals surface area contributed by atoms with Crippen LogP contribution < -0.4 is 5.73 Å². The Bertz CT molecular complexity index is 662. The van der Waals surface area contributed by atoms with Gasteiger partial charge < -0.3 is 20.6 Å². The second-order valence-electron chi connectivity index (χ2n) is 7.05. The van der Waals surface area contributed by atoms with Gasteiger partial charge in [-0.15, -0.1) is 0 Å². The normalized spacial score (nSPS) is 24.2. The third-order valence-corrected chi connectivity index (χ3v) is 6.22. The lowest BCUT2D eigenvalue weighted by atomic mass is 9.73. The first-order valence-corrected chi connectivity index (χ1v) is 9.73. The van der Waals surface area contributed by atoms with Crippen LogP contribution in [0.25, 0.3) is 0 Å². The molecule has 8 heteroatoms. The number of likely N-dealkylation sites (tertiary alicyclic amines) is 2. The largest absolute Gasteiger partial charge is 0.395 e. The van der Waals surface area contributed by atoms with Crippen LogP contribution in [0.3, 0.4) is 0 Å². The van der Waals surface area contributed by atoms with E-state index in [0.717, 1.165) is 31.5 Å². The van der Waals surface area contributed by atoms with Gasteiger partial charge in [0.15, 0.2) is 5.13 Å². The number of aliphatic hydroxyl groups is 1. The van der Waals surface area contributed by atoms with Crippen LogP contribution in [0.2, 0.25) is 0 Å². The highest BCUT2D eigenvalue weighted by Gasteiger charge is 2.43. The standard InChI is InChI=1S/C17H26N4O3S/c1-2-12-14(25-16(18)19-12)15(24)21-7-3-5-17(11-21)6-4-13(23)20(10-17)8-9-22/h22H,2-11H2,1H3,(H2,18,19)/t17-/m0/s1. The Morgan fingerprint density at radius 2 is 2.20 bits per heavy atom. The molecule has 3 N–H and O–H groups in total.